The molecule has 0 saturated heterocycles. The van der Waals surface area contributed by atoms with E-state index >= 15 is 0 Å². The molecule has 0 spiro atoms. The molecule has 0 heterocycles. The van der Waals surface area contributed by atoms with Gasteiger partial charge in [-0.05, 0) is 0 Å². The summed E-state index contributed by atoms with van der Waals surface area (Å²) in [5.74, 6) is 0. The van der Waals surface area contributed by atoms with Gasteiger partial charge in [-0.2, -0.15) is 0 Å². The van der Waals surface area contributed by atoms with Gasteiger partial charge in [0.05, 0.1) is 0 Å². The first-order valence-electron chi connectivity index (χ1n) is 4.34. The number of hydrogen-bond donors (Lipinski definition) is 0. The molecule has 0 bridgehead atoms. The van der Waals surface area contributed by atoms with Crippen molar-refractivity contribution in [1.29, 1.82) is 0 Å². The molecule has 0 aromatic rings. The van der Waals surface area contributed by atoms with E-state index in [1.165, 1.54) is 38.5 Å². The second kappa shape index (κ2) is 8.64. The van der Waals surface area contributed by atoms with E-state index in [4.69, 9.17) is 0 Å². The summed E-state index contributed by atoms with van der Waals surface area (Å²) in [6, 6.07) is 0. The summed E-state index contributed by atoms with van der Waals surface area (Å²) in [4.78, 5) is 0. The Balaban J connectivity index is 2.85. The van der Waals surface area contributed by atoms with Crippen LogP contribution < -0.4 is 0 Å². The average molecular weight is 341 g/mol. The topological polar surface area (TPSA) is 17.1 Å². The van der Waals surface area contributed by atoms with Crippen LogP contribution in [-0.2, 0) is 21.7 Å². The van der Waals surface area contributed by atoms with Crippen LogP contribution in [0.1, 0.15) is 45.4 Å². The molecule has 0 aromatic carbocycles. The fourth-order valence-corrected chi connectivity index (χ4v) is 2.63. The molecular formula is C9H20AuO. The Morgan fingerprint density at radius 3 is 2.09 bits per heavy atom. The van der Waals surface area contributed by atoms with E-state index in [0.717, 1.165) is 4.64 Å². The molecule has 0 saturated carbocycles. The Labute approximate surface area is 77.0 Å². The zero-order chi connectivity index (χ0) is 8.53. The Kier molecular flexibility index (Phi) is 9.06. The van der Waals surface area contributed by atoms with Gasteiger partial charge in [-0.1, -0.05) is 0 Å². The molecule has 0 aliphatic rings. The van der Waals surface area contributed by atoms with Gasteiger partial charge in [0.15, 0.2) is 0 Å². The zero-order valence-electron chi connectivity index (χ0n) is 7.66. The van der Waals surface area contributed by atoms with Crippen molar-refractivity contribution in [3.05, 3.63) is 0 Å². The molecule has 0 unspecified atom stereocenters. The van der Waals surface area contributed by atoms with Crippen molar-refractivity contribution in [2.24, 2.45) is 0 Å². The molecule has 73 valence electrons. The van der Waals surface area contributed by atoms with Crippen LogP contribution in [0.2, 0.25) is 9.78 Å². The van der Waals surface area contributed by atoms with Gasteiger partial charge in [0.1, 0.15) is 0 Å². The predicted molar refractivity (Wildman–Crippen MR) is 44.7 cm³/mol. The second-order valence-electron chi connectivity index (χ2n) is 2.84. The molecule has 0 radical (unpaired) electrons. The van der Waals surface area contributed by atoms with Gasteiger partial charge in [0, 0.05) is 0 Å². The third-order valence-corrected chi connectivity index (χ3v) is 3.96. The summed E-state index contributed by atoms with van der Waals surface area (Å²) in [5.41, 5.74) is 0. The number of hydrogen-bond acceptors (Lipinski definition) is 1. The van der Waals surface area contributed by atoms with Crippen LogP contribution in [0.25, 0.3) is 0 Å². The van der Waals surface area contributed by atoms with Crippen molar-refractivity contribution in [3.8, 4) is 0 Å². The van der Waals surface area contributed by atoms with Crippen LogP contribution in [0.15, 0.2) is 0 Å². The molecule has 1 nitrogen and oxygen atoms in total. The van der Waals surface area contributed by atoms with Crippen molar-refractivity contribution in [2.45, 2.75) is 55.2 Å². The third-order valence-electron chi connectivity index (χ3n) is 1.67. The SMILES string of the molecule is CCCCCCC[CH2][Au]([CH3])=[O]. The Hall–Kier alpha value is 0.540. The second-order valence-corrected chi connectivity index (χ2v) is 6.97. The van der Waals surface area contributed by atoms with Crippen LogP contribution in [-0.4, -0.2) is 0 Å². The van der Waals surface area contributed by atoms with Crippen molar-refractivity contribution in [1.82, 2.24) is 0 Å². The first kappa shape index (κ1) is 11.5. The summed E-state index contributed by atoms with van der Waals surface area (Å²) >= 11 is -1.55. The van der Waals surface area contributed by atoms with Gasteiger partial charge in [-0.15, -0.1) is 0 Å². The van der Waals surface area contributed by atoms with Gasteiger partial charge in [-0.25, -0.2) is 0 Å². The van der Waals surface area contributed by atoms with Gasteiger partial charge in [0.25, 0.3) is 0 Å². The van der Waals surface area contributed by atoms with Crippen molar-refractivity contribution >= 4 is 0 Å². The molecule has 0 fully saturated rings. The fourth-order valence-electron chi connectivity index (χ4n) is 1.01. The molecular weight excluding hydrogens is 321 g/mol. The van der Waals surface area contributed by atoms with E-state index < -0.39 is 18.4 Å². The summed E-state index contributed by atoms with van der Waals surface area (Å²) in [6.07, 6.45) is 7.88. The molecule has 0 amide bonds. The van der Waals surface area contributed by atoms with Crippen molar-refractivity contribution in [2.75, 3.05) is 0 Å². The molecule has 2 heteroatoms. The van der Waals surface area contributed by atoms with E-state index in [-0.39, 0.29) is 0 Å². The Morgan fingerprint density at radius 1 is 1.00 bits per heavy atom. The summed E-state index contributed by atoms with van der Waals surface area (Å²) in [6.45, 7) is 2.23. The summed E-state index contributed by atoms with van der Waals surface area (Å²) in [7, 11) is 0. The van der Waals surface area contributed by atoms with Crippen LogP contribution in [0.3, 0.4) is 0 Å². The molecule has 0 aliphatic heterocycles. The van der Waals surface area contributed by atoms with Gasteiger partial charge in [0.2, 0.25) is 0 Å². The monoisotopic (exact) mass is 341 g/mol. The number of unbranched alkanes of at least 4 members (excludes halogenated alkanes) is 5. The zero-order valence-corrected chi connectivity index (χ0v) is 9.83. The van der Waals surface area contributed by atoms with Crippen LogP contribution in [0.4, 0.5) is 0 Å². The van der Waals surface area contributed by atoms with Crippen molar-refractivity contribution < 1.29 is 21.7 Å². The van der Waals surface area contributed by atoms with Crippen LogP contribution >= 0.6 is 0 Å². The van der Waals surface area contributed by atoms with Gasteiger partial charge in [-0.3, -0.25) is 0 Å². The maximum absolute atomic E-state index is 10.8. The van der Waals surface area contributed by atoms with Crippen LogP contribution in [0, 0.1) is 0 Å². The molecule has 0 N–H and O–H groups in total. The maximum atomic E-state index is 10.8. The fraction of sp³-hybridized carbons (Fsp3) is 1.00. The van der Waals surface area contributed by atoms with Crippen LogP contribution in [0.5, 0.6) is 0 Å². The van der Waals surface area contributed by atoms with E-state index in [2.05, 4.69) is 6.92 Å². The minimum absolute atomic E-state index is 1.02. The Morgan fingerprint density at radius 2 is 1.55 bits per heavy atom. The summed E-state index contributed by atoms with van der Waals surface area (Å²) < 4.78 is 11.8. The van der Waals surface area contributed by atoms with Crippen molar-refractivity contribution in [3.63, 3.8) is 0 Å². The molecule has 0 atom stereocenters. The van der Waals surface area contributed by atoms with Gasteiger partial charge >= 0.3 is 76.9 Å². The van der Waals surface area contributed by atoms with E-state index in [9.17, 15) is 3.25 Å². The standard InChI is InChI=1S/C8H17.CH3.Au.O/c1-3-5-7-8-6-4-2;;;/h1,3-8H2,2H3;1H3;;. The van der Waals surface area contributed by atoms with E-state index in [0.29, 0.717) is 0 Å². The first-order valence-corrected chi connectivity index (χ1v) is 8.93. The van der Waals surface area contributed by atoms with E-state index in [1.54, 1.807) is 0 Å². The Bertz CT molecular complexity index is 102. The van der Waals surface area contributed by atoms with E-state index in [1.807, 2.05) is 5.14 Å². The molecule has 11 heavy (non-hydrogen) atoms. The predicted octanol–water partition coefficient (Wildman–Crippen LogP) is 3.78. The summed E-state index contributed by atoms with van der Waals surface area (Å²) in [5, 5.41) is 1.90. The molecule has 0 aliphatic carbocycles. The third kappa shape index (κ3) is 10.5. The minimum atomic E-state index is -1.55. The van der Waals surface area contributed by atoms with Gasteiger partial charge < -0.3 is 0 Å². The quantitative estimate of drug-likeness (QED) is 0.509. The normalized spacial score (nSPS) is 11.6. The average Bonchev–Trinajstić information content (AvgIpc) is 1.96. The molecule has 0 aromatic heterocycles. The molecule has 0 rings (SSSR count). The first-order chi connectivity index (χ1) is 5.27. The number of rotatable bonds is 7.